The summed E-state index contributed by atoms with van der Waals surface area (Å²) < 4.78 is 3.86. The van der Waals surface area contributed by atoms with Crippen LogP contribution in [0.3, 0.4) is 0 Å². The molecule has 3 aromatic rings. The first-order valence-corrected chi connectivity index (χ1v) is 9.98. The summed E-state index contributed by atoms with van der Waals surface area (Å²) in [5, 5.41) is 4.49. The minimum Gasteiger partial charge on any atom is -0.339 e. The van der Waals surface area contributed by atoms with Crippen molar-refractivity contribution >= 4 is 11.7 Å². The summed E-state index contributed by atoms with van der Waals surface area (Å²) in [4.78, 5) is 28.2. The van der Waals surface area contributed by atoms with E-state index in [0.717, 1.165) is 49.6 Å². The quantitative estimate of drug-likeness (QED) is 0.677. The molecule has 4 rings (SSSR count). The van der Waals surface area contributed by atoms with Crippen molar-refractivity contribution < 1.29 is 4.79 Å². The number of fused-ring (bicyclic) bond motifs is 1. The fourth-order valence-electron chi connectivity index (χ4n) is 4.08. The number of carbonyl (C=O) groups excluding carboxylic acids is 1. The van der Waals surface area contributed by atoms with Gasteiger partial charge in [-0.2, -0.15) is 4.98 Å². The Morgan fingerprint density at radius 3 is 2.86 bits per heavy atom. The second-order valence-corrected chi connectivity index (χ2v) is 7.65. The molecule has 0 radical (unpaired) electrons. The second kappa shape index (κ2) is 7.69. The molecule has 8 nitrogen and oxygen atoms in total. The van der Waals surface area contributed by atoms with Crippen LogP contribution in [0.1, 0.15) is 48.7 Å². The first-order valence-electron chi connectivity index (χ1n) is 9.98. The van der Waals surface area contributed by atoms with E-state index in [1.807, 2.05) is 44.1 Å². The van der Waals surface area contributed by atoms with Gasteiger partial charge in [-0.1, -0.05) is 0 Å². The highest BCUT2D eigenvalue weighted by atomic mass is 16.2. The van der Waals surface area contributed by atoms with Gasteiger partial charge in [-0.05, 0) is 52.5 Å². The highest BCUT2D eigenvalue weighted by molar-refractivity contribution is 5.78. The van der Waals surface area contributed by atoms with Crippen LogP contribution in [-0.4, -0.2) is 52.5 Å². The number of rotatable bonds is 5. The number of aromatic nitrogens is 6. The van der Waals surface area contributed by atoms with Crippen molar-refractivity contribution in [2.24, 2.45) is 0 Å². The number of nitrogens with zero attached hydrogens (tertiary/aromatic N) is 7. The molecule has 148 valence electrons. The molecule has 1 amide bonds. The van der Waals surface area contributed by atoms with Crippen molar-refractivity contribution in [3.8, 4) is 0 Å². The van der Waals surface area contributed by atoms with Crippen molar-refractivity contribution in [2.75, 3.05) is 6.54 Å². The van der Waals surface area contributed by atoms with Gasteiger partial charge in [-0.15, -0.1) is 5.10 Å². The molecule has 4 heterocycles. The van der Waals surface area contributed by atoms with E-state index in [9.17, 15) is 4.79 Å². The highest BCUT2D eigenvalue weighted by Gasteiger charge is 2.27. The lowest BCUT2D eigenvalue weighted by molar-refractivity contribution is -0.134. The third-order valence-corrected chi connectivity index (χ3v) is 5.55. The van der Waals surface area contributed by atoms with Crippen molar-refractivity contribution in [1.82, 2.24) is 34.0 Å². The van der Waals surface area contributed by atoms with E-state index in [2.05, 4.69) is 24.6 Å². The van der Waals surface area contributed by atoms with Gasteiger partial charge in [0.2, 0.25) is 5.91 Å². The Balaban J connectivity index is 1.46. The van der Waals surface area contributed by atoms with Crippen LogP contribution >= 0.6 is 0 Å². The number of amides is 1. The first kappa shape index (κ1) is 18.6. The van der Waals surface area contributed by atoms with Gasteiger partial charge in [-0.3, -0.25) is 4.79 Å². The minimum absolute atomic E-state index is 0.109. The fourth-order valence-corrected chi connectivity index (χ4v) is 4.08. The topological polar surface area (TPSA) is 81.2 Å². The van der Waals surface area contributed by atoms with Crippen LogP contribution in [0.5, 0.6) is 0 Å². The van der Waals surface area contributed by atoms with Gasteiger partial charge in [0.15, 0.2) is 5.82 Å². The molecule has 3 aromatic heterocycles. The van der Waals surface area contributed by atoms with E-state index in [1.165, 1.54) is 6.42 Å². The number of piperidine rings is 1. The number of likely N-dealkylation sites (tertiary alicyclic amines) is 1. The van der Waals surface area contributed by atoms with Crippen molar-refractivity contribution in [2.45, 2.75) is 65.5 Å². The zero-order valence-electron chi connectivity index (χ0n) is 16.8. The Kier molecular flexibility index (Phi) is 5.11. The molecule has 0 N–H and O–H groups in total. The average molecular weight is 381 g/mol. The first-order chi connectivity index (χ1) is 13.5. The molecule has 1 saturated heterocycles. The number of hydrogen-bond donors (Lipinski definition) is 0. The van der Waals surface area contributed by atoms with Crippen molar-refractivity contribution in [3.63, 3.8) is 0 Å². The Labute approximate surface area is 164 Å². The maximum atomic E-state index is 13.0. The molecule has 0 bridgehead atoms. The summed E-state index contributed by atoms with van der Waals surface area (Å²) in [6, 6.07) is 2.23. The van der Waals surface area contributed by atoms with Gasteiger partial charge in [0.1, 0.15) is 5.82 Å². The Bertz CT molecular complexity index is 990. The summed E-state index contributed by atoms with van der Waals surface area (Å²) in [6.45, 7) is 7.62. The second-order valence-electron chi connectivity index (χ2n) is 7.65. The van der Waals surface area contributed by atoms with Crippen LogP contribution in [0.15, 0.2) is 18.5 Å². The Hall–Kier alpha value is -2.77. The maximum absolute atomic E-state index is 13.0. The SMILES string of the molecule is Cc1cc(C)n2nc(CC(=O)N3CCCCC3CCn3ccnc3C)nc2n1. The largest absolute Gasteiger partial charge is 0.339 e. The number of hydrogen-bond acceptors (Lipinski definition) is 5. The molecule has 1 unspecified atom stereocenters. The van der Waals surface area contributed by atoms with Crippen molar-refractivity contribution in [3.05, 3.63) is 41.5 Å². The maximum Gasteiger partial charge on any atom is 0.252 e. The van der Waals surface area contributed by atoms with Crippen molar-refractivity contribution in [1.29, 1.82) is 0 Å². The van der Waals surface area contributed by atoms with E-state index in [0.29, 0.717) is 11.6 Å². The normalized spacial score (nSPS) is 17.4. The third kappa shape index (κ3) is 3.76. The Morgan fingerprint density at radius 1 is 1.21 bits per heavy atom. The van der Waals surface area contributed by atoms with E-state index < -0.39 is 0 Å². The number of aryl methyl sites for hydroxylation is 4. The standard InChI is InChI=1S/C20H27N7O/c1-14-12-15(2)27-20(22-14)23-18(24-27)13-19(28)26-9-5-4-6-17(26)7-10-25-11-8-21-16(25)3/h8,11-12,17H,4-7,9-10,13H2,1-3H3. The zero-order valence-corrected chi connectivity index (χ0v) is 16.8. The minimum atomic E-state index is 0.109. The summed E-state index contributed by atoms with van der Waals surface area (Å²) >= 11 is 0. The summed E-state index contributed by atoms with van der Waals surface area (Å²) in [5.41, 5.74) is 1.88. The lowest BCUT2D eigenvalue weighted by Gasteiger charge is -2.36. The molecule has 0 aliphatic carbocycles. The number of imidazole rings is 1. The predicted molar refractivity (Wildman–Crippen MR) is 105 cm³/mol. The van der Waals surface area contributed by atoms with E-state index >= 15 is 0 Å². The molecule has 1 atom stereocenters. The van der Waals surface area contributed by atoms with E-state index in [4.69, 9.17) is 0 Å². The molecular weight excluding hydrogens is 354 g/mol. The summed E-state index contributed by atoms with van der Waals surface area (Å²) in [5.74, 6) is 2.23. The lowest BCUT2D eigenvalue weighted by Crippen LogP contribution is -2.45. The van der Waals surface area contributed by atoms with Gasteiger partial charge in [0, 0.05) is 42.9 Å². The molecule has 0 aromatic carbocycles. The molecule has 1 aliphatic heterocycles. The zero-order chi connectivity index (χ0) is 19.7. The molecular formula is C20H27N7O. The molecule has 0 spiro atoms. The van der Waals surface area contributed by atoms with Gasteiger partial charge >= 0.3 is 0 Å². The van der Waals surface area contributed by atoms with E-state index in [1.54, 1.807) is 4.52 Å². The van der Waals surface area contributed by atoms with Gasteiger partial charge in [0.25, 0.3) is 5.78 Å². The third-order valence-electron chi connectivity index (χ3n) is 5.55. The van der Waals surface area contributed by atoms with Crippen LogP contribution in [0.4, 0.5) is 0 Å². The lowest BCUT2D eigenvalue weighted by atomic mass is 9.98. The number of carbonyl (C=O) groups is 1. The molecule has 1 aliphatic rings. The summed E-state index contributed by atoms with van der Waals surface area (Å²) in [7, 11) is 0. The predicted octanol–water partition coefficient (Wildman–Crippen LogP) is 2.26. The fraction of sp³-hybridized carbons (Fsp3) is 0.550. The van der Waals surface area contributed by atoms with Crippen LogP contribution in [0, 0.1) is 20.8 Å². The van der Waals surface area contributed by atoms with Gasteiger partial charge in [0.05, 0.1) is 6.42 Å². The smallest absolute Gasteiger partial charge is 0.252 e. The van der Waals surface area contributed by atoms with Crippen LogP contribution in [0.25, 0.3) is 5.78 Å². The molecule has 8 heteroatoms. The molecule has 28 heavy (non-hydrogen) atoms. The van der Waals surface area contributed by atoms with Crippen LogP contribution in [0.2, 0.25) is 0 Å². The molecule has 1 fully saturated rings. The summed E-state index contributed by atoms with van der Waals surface area (Å²) in [6.07, 6.45) is 8.28. The average Bonchev–Trinajstić information content (AvgIpc) is 3.26. The highest BCUT2D eigenvalue weighted by Crippen LogP contribution is 2.21. The van der Waals surface area contributed by atoms with Crippen LogP contribution < -0.4 is 0 Å². The monoisotopic (exact) mass is 381 g/mol. The van der Waals surface area contributed by atoms with Gasteiger partial charge in [-0.25, -0.2) is 14.5 Å². The van der Waals surface area contributed by atoms with Gasteiger partial charge < -0.3 is 9.47 Å². The van der Waals surface area contributed by atoms with Crippen LogP contribution in [-0.2, 0) is 17.8 Å². The Morgan fingerprint density at radius 2 is 2.07 bits per heavy atom. The molecule has 0 saturated carbocycles. The van der Waals surface area contributed by atoms with E-state index in [-0.39, 0.29) is 18.4 Å².